The fourth-order valence-corrected chi connectivity index (χ4v) is 4.17. The zero-order valence-corrected chi connectivity index (χ0v) is 17.7. The first-order valence-corrected chi connectivity index (χ1v) is 10.4. The van der Waals surface area contributed by atoms with Crippen LogP contribution >= 0.6 is 0 Å². The molecule has 2 aromatic heterocycles. The minimum absolute atomic E-state index is 0.0528. The zero-order chi connectivity index (χ0) is 22.7. The van der Waals surface area contributed by atoms with E-state index in [4.69, 9.17) is 9.84 Å². The lowest BCUT2D eigenvalue weighted by Crippen LogP contribution is -2.49. The van der Waals surface area contributed by atoms with Gasteiger partial charge in [-0.15, -0.1) is 0 Å². The standard InChI is InChI=1S/C22H25N5O5/c1-32-15-3-4-18-16(13-15)17(14-27(18)8-5-19(28)29)20(21(30)31)25-9-11-26(12-10-25)22-23-6-2-7-24-22/h2-4,6-7,13-14,20H,5,8-12H2,1H3,(H,28,29)(H,30,31)/t20-/m0/s1. The van der Waals surface area contributed by atoms with Crippen LogP contribution in [-0.4, -0.2) is 74.9 Å². The number of fused-ring (bicyclic) bond motifs is 1. The number of ether oxygens (including phenoxy) is 1. The Morgan fingerprint density at radius 1 is 1.12 bits per heavy atom. The van der Waals surface area contributed by atoms with E-state index >= 15 is 0 Å². The molecule has 1 aromatic carbocycles. The first-order valence-electron chi connectivity index (χ1n) is 10.4. The van der Waals surface area contributed by atoms with E-state index in [-0.39, 0.29) is 13.0 Å². The van der Waals surface area contributed by atoms with Gasteiger partial charge in [0.2, 0.25) is 5.95 Å². The molecule has 1 atom stereocenters. The molecule has 1 aliphatic rings. The molecule has 0 radical (unpaired) electrons. The SMILES string of the molecule is COc1ccc2c(c1)c([C@@H](C(=O)O)N1CCN(c3ncccn3)CC1)cn2CCC(=O)O. The van der Waals surface area contributed by atoms with Crippen LogP contribution in [0.15, 0.2) is 42.9 Å². The van der Waals surface area contributed by atoms with E-state index in [1.54, 1.807) is 37.8 Å². The number of aliphatic carboxylic acids is 2. The van der Waals surface area contributed by atoms with Gasteiger partial charge in [-0.3, -0.25) is 14.5 Å². The molecule has 3 heterocycles. The summed E-state index contributed by atoms with van der Waals surface area (Å²) in [7, 11) is 1.56. The Labute approximate surface area is 184 Å². The van der Waals surface area contributed by atoms with Crippen molar-refractivity contribution in [1.29, 1.82) is 0 Å². The minimum Gasteiger partial charge on any atom is -0.497 e. The van der Waals surface area contributed by atoms with Crippen LogP contribution in [0.1, 0.15) is 18.0 Å². The third-order valence-corrected chi connectivity index (χ3v) is 5.73. The first-order chi connectivity index (χ1) is 15.5. The molecule has 2 N–H and O–H groups in total. The van der Waals surface area contributed by atoms with Gasteiger partial charge in [0.05, 0.1) is 13.5 Å². The number of aromatic nitrogens is 3. The highest BCUT2D eigenvalue weighted by atomic mass is 16.5. The maximum Gasteiger partial charge on any atom is 0.325 e. The number of carboxylic acids is 2. The van der Waals surface area contributed by atoms with Crippen LogP contribution in [0.5, 0.6) is 5.75 Å². The third kappa shape index (κ3) is 4.35. The molecule has 0 aliphatic carbocycles. The molecule has 10 heteroatoms. The highest BCUT2D eigenvalue weighted by molar-refractivity contribution is 5.90. The molecule has 0 amide bonds. The van der Waals surface area contributed by atoms with Crippen molar-refractivity contribution in [3.05, 3.63) is 48.4 Å². The number of carboxylic acid groups (broad SMARTS) is 2. The number of rotatable bonds is 8. The summed E-state index contributed by atoms with van der Waals surface area (Å²) in [4.78, 5) is 36.0. The van der Waals surface area contributed by atoms with Crippen LogP contribution in [0.2, 0.25) is 0 Å². The van der Waals surface area contributed by atoms with Crippen LogP contribution in [-0.2, 0) is 16.1 Å². The van der Waals surface area contributed by atoms with Crippen molar-refractivity contribution in [3.63, 3.8) is 0 Å². The van der Waals surface area contributed by atoms with Gasteiger partial charge in [0.1, 0.15) is 11.8 Å². The summed E-state index contributed by atoms with van der Waals surface area (Å²) in [5.41, 5.74) is 1.41. The van der Waals surface area contributed by atoms with Crippen molar-refractivity contribution >= 4 is 28.8 Å². The molecule has 1 saturated heterocycles. The molecule has 0 unspecified atom stereocenters. The maximum atomic E-state index is 12.4. The quantitative estimate of drug-likeness (QED) is 0.542. The van der Waals surface area contributed by atoms with Gasteiger partial charge in [-0.25, -0.2) is 9.97 Å². The monoisotopic (exact) mass is 439 g/mol. The van der Waals surface area contributed by atoms with Gasteiger partial charge in [-0.05, 0) is 24.3 Å². The Bertz CT molecular complexity index is 1110. The maximum absolute atomic E-state index is 12.4. The van der Waals surface area contributed by atoms with Gasteiger partial charge in [0.15, 0.2) is 0 Å². The normalized spacial score (nSPS) is 15.6. The van der Waals surface area contributed by atoms with Crippen LogP contribution < -0.4 is 9.64 Å². The van der Waals surface area contributed by atoms with Crippen LogP contribution in [0.25, 0.3) is 10.9 Å². The molecule has 0 bridgehead atoms. The minimum atomic E-state index is -0.950. The summed E-state index contributed by atoms with van der Waals surface area (Å²) in [6, 6.07) is 6.33. The fourth-order valence-electron chi connectivity index (χ4n) is 4.17. The van der Waals surface area contributed by atoms with E-state index in [9.17, 15) is 14.7 Å². The summed E-state index contributed by atoms with van der Waals surface area (Å²) < 4.78 is 7.16. The van der Waals surface area contributed by atoms with E-state index < -0.39 is 18.0 Å². The third-order valence-electron chi connectivity index (χ3n) is 5.73. The van der Waals surface area contributed by atoms with Crippen LogP contribution in [0, 0.1) is 0 Å². The predicted molar refractivity (Wildman–Crippen MR) is 117 cm³/mol. The van der Waals surface area contributed by atoms with Gasteiger partial charge >= 0.3 is 11.9 Å². The van der Waals surface area contributed by atoms with Gasteiger partial charge in [-0.2, -0.15) is 0 Å². The summed E-state index contributed by atoms with van der Waals surface area (Å²) in [5, 5.41) is 20.0. The van der Waals surface area contributed by atoms with Gasteiger partial charge in [0, 0.05) is 67.8 Å². The average Bonchev–Trinajstić information content (AvgIpc) is 3.16. The molecule has 3 aromatic rings. The fraction of sp³-hybridized carbons (Fsp3) is 0.364. The Morgan fingerprint density at radius 3 is 2.47 bits per heavy atom. The highest BCUT2D eigenvalue weighted by Gasteiger charge is 2.33. The Kier molecular flexibility index (Phi) is 6.22. The lowest BCUT2D eigenvalue weighted by Gasteiger charge is -2.37. The Hall–Kier alpha value is -3.66. The molecule has 1 aliphatic heterocycles. The van der Waals surface area contributed by atoms with E-state index in [0.29, 0.717) is 43.4 Å². The zero-order valence-electron chi connectivity index (χ0n) is 17.7. The average molecular weight is 439 g/mol. The number of nitrogens with zero attached hydrogens (tertiary/aromatic N) is 5. The molecule has 0 spiro atoms. The number of carbonyl (C=O) groups is 2. The second-order valence-corrected chi connectivity index (χ2v) is 7.62. The van der Waals surface area contributed by atoms with Crippen LogP contribution in [0.4, 0.5) is 5.95 Å². The number of piperazine rings is 1. The van der Waals surface area contributed by atoms with E-state index in [1.807, 2.05) is 26.5 Å². The second-order valence-electron chi connectivity index (χ2n) is 7.62. The molecule has 1 fully saturated rings. The van der Waals surface area contributed by atoms with Crippen molar-refractivity contribution in [2.24, 2.45) is 0 Å². The first kappa shape index (κ1) is 21.6. The van der Waals surface area contributed by atoms with E-state index in [0.717, 1.165) is 10.9 Å². The van der Waals surface area contributed by atoms with Gasteiger partial charge in [0.25, 0.3) is 0 Å². The number of anilines is 1. The van der Waals surface area contributed by atoms with Crippen molar-refractivity contribution < 1.29 is 24.5 Å². The summed E-state index contributed by atoms with van der Waals surface area (Å²) >= 11 is 0. The molecular weight excluding hydrogens is 414 g/mol. The van der Waals surface area contributed by atoms with Crippen molar-refractivity contribution in [2.75, 3.05) is 38.2 Å². The number of methoxy groups -OCH3 is 1. The van der Waals surface area contributed by atoms with E-state index in [2.05, 4.69) is 9.97 Å². The number of aryl methyl sites for hydroxylation is 1. The largest absolute Gasteiger partial charge is 0.497 e. The van der Waals surface area contributed by atoms with Crippen molar-refractivity contribution in [3.8, 4) is 5.75 Å². The molecule has 10 nitrogen and oxygen atoms in total. The smallest absolute Gasteiger partial charge is 0.325 e. The lowest BCUT2D eigenvalue weighted by atomic mass is 10.0. The van der Waals surface area contributed by atoms with Crippen LogP contribution in [0.3, 0.4) is 0 Å². The Morgan fingerprint density at radius 2 is 1.84 bits per heavy atom. The molecule has 168 valence electrons. The number of benzene rings is 1. The molecule has 32 heavy (non-hydrogen) atoms. The lowest BCUT2D eigenvalue weighted by molar-refractivity contribution is -0.143. The van der Waals surface area contributed by atoms with E-state index in [1.165, 1.54) is 0 Å². The molecular formula is C22H25N5O5. The topological polar surface area (TPSA) is 121 Å². The number of hydrogen-bond acceptors (Lipinski definition) is 7. The molecule has 4 rings (SSSR count). The Balaban J connectivity index is 1.65. The second kappa shape index (κ2) is 9.23. The van der Waals surface area contributed by atoms with Gasteiger partial charge < -0.3 is 24.4 Å². The highest BCUT2D eigenvalue weighted by Crippen LogP contribution is 2.34. The summed E-state index contributed by atoms with van der Waals surface area (Å²) in [6.07, 6.45) is 5.09. The summed E-state index contributed by atoms with van der Waals surface area (Å²) in [5.74, 6) is -0.607. The van der Waals surface area contributed by atoms with Crippen molar-refractivity contribution in [1.82, 2.24) is 19.4 Å². The predicted octanol–water partition coefficient (Wildman–Crippen LogP) is 1.86. The van der Waals surface area contributed by atoms with Crippen molar-refractivity contribution in [2.45, 2.75) is 19.0 Å². The van der Waals surface area contributed by atoms with Gasteiger partial charge in [-0.1, -0.05) is 0 Å². The number of hydrogen-bond donors (Lipinski definition) is 2. The molecule has 0 saturated carbocycles. The summed E-state index contributed by atoms with van der Waals surface area (Å²) in [6.45, 7) is 2.52.